The van der Waals surface area contributed by atoms with E-state index in [4.69, 9.17) is 0 Å². The minimum Gasteiger partial charge on any atom is -0.317 e. The Hall–Kier alpha value is -0.870. The van der Waals surface area contributed by atoms with Gasteiger partial charge in [-0.15, -0.1) is 0 Å². The summed E-state index contributed by atoms with van der Waals surface area (Å²) in [5, 5.41) is 3.24. The van der Waals surface area contributed by atoms with Crippen LogP contribution in [0.3, 0.4) is 0 Å². The average molecular weight is 255 g/mol. The highest BCUT2D eigenvalue weighted by atomic mass is 32.2. The molecule has 0 aliphatic rings. The number of hydrogen-bond donors (Lipinski definition) is 1. The first-order valence-electron chi connectivity index (χ1n) is 5.90. The number of likely N-dealkylation sites (N-methyl/N-ethyl adjacent to an activating group) is 1. The van der Waals surface area contributed by atoms with Crippen molar-refractivity contribution in [3.8, 4) is 0 Å². The summed E-state index contributed by atoms with van der Waals surface area (Å²) in [4.78, 5) is 0. The van der Waals surface area contributed by atoms with Gasteiger partial charge >= 0.3 is 0 Å². The molecular weight excluding hydrogens is 234 g/mol. The van der Waals surface area contributed by atoms with E-state index in [0.29, 0.717) is 6.04 Å². The molecule has 0 fully saturated rings. The zero-order chi connectivity index (χ0) is 12.7. The second-order valence-corrected chi connectivity index (χ2v) is 6.71. The normalized spacial score (nSPS) is 13.5. The van der Waals surface area contributed by atoms with Crippen LogP contribution in [0.15, 0.2) is 30.3 Å². The summed E-state index contributed by atoms with van der Waals surface area (Å²) in [7, 11) is -0.904. The maximum absolute atomic E-state index is 11.0. The van der Waals surface area contributed by atoms with Crippen molar-refractivity contribution in [2.24, 2.45) is 0 Å². The summed E-state index contributed by atoms with van der Waals surface area (Å²) in [6.45, 7) is 0. The lowest BCUT2D eigenvalue weighted by Gasteiger charge is -2.15. The van der Waals surface area contributed by atoms with Crippen molar-refractivity contribution in [2.45, 2.75) is 25.3 Å². The lowest BCUT2D eigenvalue weighted by molar-refractivity contribution is 0.511. The molecular formula is C13H21NO2S. The van der Waals surface area contributed by atoms with E-state index in [1.165, 1.54) is 11.8 Å². The van der Waals surface area contributed by atoms with E-state index >= 15 is 0 Å². The fourth-order valence-electron chi connectivity index (χ4n) is 1.84. The Labute approximate surface area is 104 Å². The van der Waals surface area contributed by atoms with E-state index < -0.39 is 9.84 Å². The number of sulfone groups is 1. The fraction of sp³-hybridized carbons (Fsp3) is 0.538. The van der Waals surface area contributed by atoms with Gasteiger partial charge in [0.1, 0.15) is 9.84 Å². The summed E-state index contributed by atoms with van der Waals surface area (Å²) in [5.74, 6) is 0.278. The molecule has 0 saturated carbocycles. The van der Waals surface area contributed by atoms with Gasteiger partial charge in [0.15, 0.2) is 0 Å². The van der Waals surface area contributed by atoms with Gasteiger partial charge in [-0.1, -0.05) is 30.3 Å². The quantitative estimate of drug-likeness (QED) is 0.805. The van der Waals surface area contributed by atoms with Crippen LogP contribution in [0.2, 0.25) is 0 Å². The topological polar surface area (TPSA) is 46.2 Å². The van der Waals surface area contributed by atoms with Gasteiger partial charge in [0, 0.05) is 18.1 Å². The van der Waals surface area contributed by atoms with Crippen LogP contribution in [0.5, 0.6) is 0 Å². The smallest absolute Gasteiger partial charge is 0.147 e. The molecule has 0 aromatic heterocycles. The van der Waals surface area contributed by atoms with Crippen LogP contribution in [0, 0.1) is 0 Å². The predicted molar refractivity (Wildman–Crippen MR) is 71.9 cm³/mol. The van der Waals surface area contributed by atoms with Crippen molar-refractivity contribution in [1.29, 1.82) is 0 Å². The van der Waals surface area contributed by atoms with E-state index in [2.05, 4.69) is 17.4 Å². The summed E-state index contributed by atoms with van der Waals surface area (Å²) < 4.78 is 22.1. The molecule has 0 radical (unpaired) electrons. The first-order valence-corrected chi connectivity index (χ1v) is 7.96. The summed E-state index contributed by atoms with van der Waals surface area (Å²) in [6, 6.07) is 10.6. The van der Waals surface area contributed by atoms with Crippen LogP contribution in [-0.4, -0.2) is 33.5 Å². The summed E-state index contributed by atoms with van der Waals surface area (Å²) in [6.07, 6.45) is 3.84. The van der Waals surface area contributed by atoms with Crippen LogP contribution >= 0.6 is 0 Å². The first kappa shape index (κ1) is 14.2. The molecule has 17 heavy (non-hydrogen) atoms. The third-order valence-corrected chi connectivity index (χ3v) is 3.83. The molecule has 1 atom stereocenters. The van der Waals surface area contributed by atoms with E-state index in [-0.39, 0.29) is 5.75 Å². The third kappa shape index (κ3) is 6.44. The van der Waals surface area contributed by atoms with Gasteiger partial charge in [-0.3, -0.25) is 0 Å². The van der Waals surface area contributed by atoms with Gasteiger partial charge < -0.3 is 5.32 Å². The van der Waals surface area contributed by atoms with Crippen LogP contribution in [0.1, 0.15) is 18.4 Å². The Morgan fingerprint density at radius 2 is 1.88 bits per heavy atom. The van der Waals surface area contributed by atoms with Gasteiger partial charge in [-0.25, -0.2) is 8.42 Å². The third-order valence-electron chi connectivity index (χ3n) is 2.80. The van der Waals surface area contributed by atoms with Crippen molar-refractivity contribution in [1.82, 2.24) is 5.32 Å². The largest absolute Gasteiger partial charge is 0.317 e. The predicted octanol–water partition coefficient (Wildman–Crippen LogP) is 1.64. The van der Waals surface area contributed by atoms with Crippen molar-refractivity contribution in [3.63, 3.8) is 0 Å². The molecule has 0 spiro atoms. The van der Waals surface area contributed by atoms with Crippen molar-refractivity contribution in [2.75, 3.05) is 19.1 Å². The van der Waals surface area contributed by atoms with Crippen LogP contribution in [-0.2, 0) is 16.3 Å². The Bertz CT molecular complexity index is 414. The van der Waals surface area contributed by atoms with E-state index in [1.54, 1.807) is 0 Å². The second kappa shape index (κ2) is 6.77. The maximum Gasteiger partial charge on any atom is 0.147 e. The SMILES string of the molecule is CNC(CCCS(C)(=O)=O)Cc1ccccc1. The average Bonchev–Trinajstić information content (AvgIpc) is 2.27. The van der Waals surface area contributed by atoms with Crippen LogP contribution < -0.4 is 5.32 Å². The standard InChI is InChI=1S/C13H21NO2S/c1-14-13(9-6-10-17(2,15)16)11-12-7-4-3-5-8-12/h3-5,7-8,13-14H,6,9-11H2,1-2H3. The van der Waals surface area contributed by atoms with E-state index in [1.807, 2.05) is 25.2 Å². The highest BCUT2D eigenvalue weighted by molar-refractivity contribution is 7.90. The van der Waals surface area contributed by atoms with Gasteiger partial charge in [-0.05, 0) is 31.9 Å². The fourth-order valence-corrected chi connectivity index (χ4v) is 2.53. The Morgan fingerprint density at radius 3 is 2.41 bits per heavy atom. The minimum atomic E-state index is -2.83. The zero-order valence-corrected chi connectivity index (χ0v) is 11.3. The van der Waals surface area contributed by atoms with Gasteiger partial charge in [0.2, 0.25) is 0 Å². The number of rotatable bonds is 7. The monoisotopic (exact) mass is 255 g/mol. The van der Waals surface area contributed by atoms with Gasteiger partial charge in [0.05, 0.1) is 0 Å². The second-order valence-electron chi connectivity index (χ2n) is 4.45. The Morgan fingerprint density at radius 1 is 1.24 bits per heavy atom. The molecule has 0 bridgehead atoms. The maximum atomic E-state index is 11.0. The molecule has 0 saturated heterocycles. The molecule has 96 valence electrons. The number of nitrogens with one attached hydrogen (secondary N) is 1. The van der Waals surface area contributed by atoms with Gasteiger partial charge in [-0.2, -0.15) is 0 Å². The highest BCUT2D eigenvalue weighted by Gasteiger charge is 2.09. The molecule has 1 aromatic rings. The van der Waals surface area contributed by atoms with E-state index in [9.17, 15) is 8.42 Å². The molecule has 1 rings (SSSR count). The lowest BCUT2D eigenvalue weighted by Crippen LogP contribution is -2.28. The minimum absolute atomic E-state index is 0.278. The molecule has 1 unspecified atom stereocenters. The molecule has 0 aliphatic heterocycles. The summed E-state index contributed by atoms with van der Waals surface area (Å²) >= 11 is 0. The molecule has 1 N–H and O–H groups in total. The van der Waals surface area contributed by atoms with Crippen molar-refractivity contribution < 1.29 is 8.42 Å². The Balaban J connectivity index is 2.39. The molecule has 4 heteroatoms. The number of benzene rings is 1. The lowest BCUT2D eigenvalue weighted by atomic mass is 10.0. The Kier molecular flexibility index (Phi) is 5.65. The molecule has 0 amide bonds. The highest BCUT2D eigenvalue weighted by Crippen LogP contribution is 2.08. The first-order chi connectivity index (χ1) is 8.01. The molecule has 1 aromatic carbocycles. The van der Waals surface area contributed by atoms with Gasteiger partial charge in [0.25, 0.3) is 0 Å². The van der Waals surface area contributed by atoms with Crippen molar-refractivity contribution in [3.05, 3.63) is 35.9 Å². The molecule has 3 nitrogen and oxygen atoms in total. The van der Waals surface area contributed by atoms with Crippen LogP contribution in [0.25, 0.3) is 0 Å². The van der Waals surface area contributed by atoms with E-state index in [0.717, 1.165) is 19.3 Å². The molecule has 0 heterocycles. The zero-order valence-electron chi connectivity index (χ0n) is 10.5. The van der Waals surface area contributed by atoms with Crippen LogP contribution in [0.4, 0.5) is 0 Å². The number of hydrogen-bond acceptors (Lipinski definition) is 3. The molecule has 0 aliphatic carbocycles. The summed E-state index contributed by atoms with van der Waals surface area (Å²) in [5.41, 5.74) is 1.28. The van der Waals surface area contributed by atoms with Crippen molar-refractivity contribution >= 4 is 9.84 Å².